The number of amides is 3. The molecule has 0 aliphatic rings. The smallest absolute Gasteiger partial charge is 0.326 e. The van der Waals surface area contributed by atoms with E-state index in [1.165, 1.54) is 31.2 Å². The molecule has 41 heavy (non-hydrogen) atoms. The molecule has 0 aromatic heterocycles. The number of carboxylic acid groups (broad SMARTS) is 1. The Hall–Kier alpha value is -4.85. The van der Waals surface area contributed by atoms with E-state index >= 15 is 0 Å². The van der Waals surface area contributed by atoms with Gasteiger partial charge in [-0.15, -0.1) is 0 Å². The summed E-state index contributed by atoms with van der Waals surface area (Å²) in [4.78, 5) is 54.2. The first-order chi connectivity index (χ1) is 19.3. The van der Waals surface area contributed by atoms with Crippen molar-refractivity contribution in [2.24, 2.45) is 22.2 Å². The Morgan fingerprint density at radius 2 is 1.29 bits per heavy atom. The first kappa shape index (κ1) is 32.4. The lowest BCUT2D eigenvalue weighted by molar-refractivity contribution is -0.142. The molecule has 0 aliphatic carbocycles. The van der Waals surface area contributed by atoms with Gasteiger partial charge in [0.05, 0.1) is 6.04 Å². The minimum Gasteiger partial charge on any atom is -0.508 e. The largest absolute Gasteiger partial charge is 0.508 e. The molecule has 0 aliphatic heterocycles. The van der Waals surface area contributed by atoms with Gasteiger partial charge >= 0.3 is 5.97 Å². The average molecular weight is 572 g/mol. The number of carbonyl (C=O) groups is 4. The number of guanidine groups is 1. The second-order valence-corrected chi connectivity index (χ2v) is 9.49. The number of aromatic hydroxyl groups is 2. The predicted molar refractivity (Wildman–Crippen MR) is 151 cm³/mol. The maximum Gasteiger partial charge on any atom is 0.326 e. The number of phenols is 2. The van der Waals surface area contributed by atoms with Crippen molar-refractivity contribution in [1.29, 1.82) is 0 Å². The Labute approximate surface area is 237 Å². The number of rotatable bonds is 15. The number of aliphatic carboxylic acids is 1. The van der Waals surface area contributed by atoms with Crippen LogP contribution in [0.5, 0.6) is 11.5 Å². The Bertz CT molecular complexity index is 1220. The van der Waals surface area contributed by atoms with Gasteiger partial charge in [-0.1, -0.05) is 24.3 Å². The second-order valence-electron chi connectivity index (χ2n) is 9.49. The molecule has 0 radical (unpaired) electrons. The molecular formula is C27H37N7O7. The molecule has 0 spiro atoms. The molecule has 2 rings (SSSR count). The highest BCUT2D eigenvalue weighted by atomic mass is 16.4. The van der Waals surface area contributed by atoms with Crippen molar-refractivity contribution in [3.05, 3.63) is 59.7 Å². The number of hydrogen-bond donors (Lipinski definition) is 9. The summed E-state index contributed by atoms with van der Waals surface area (Å²) in [7, 11) is 0. The maximum absolute atomic E-state index is 13.2. The van der Waals surface area contributed by atoms with Gasteiger partial charge in [-0.2, -0.15) is 0 Å². The molecule has 12 N–H and O–H groups in total. The molecule has 222 valence electrons. The quantitative estimate of drug-likeness (QED) is 0.0702. The molecule has 3 amide bonds. The fourth-order valence-corrected chi connectivity index (χ4v) is 3.77. The van der Waals surface area contributed by atoms with E-state index in [4.69, 9.17) is 17.2 Å². The third-order valence-corrected chi connectivity index (χ3v) is 6.05. The van der Waals surface area contributed by atoms with Crippen LogP contribution < -0.4 is 33.2 Å². The Morgan fingerprint density at radius 1 is 0.780 bits per heavy atom. The zero-order valence-electron chi connectivity index (χ0n) is 22.6. The van der Waals surface area contributed by atoms with Crippen molar-refractivity contribution in [1.82, 2.24) is 16.0 Å². The summed E-state index contributed by atoms with van der Waals surface area (Å²) in [6, 6.07) is 7.63. The van der Waals surface area contributed by atoms with Crippen LogP contribution in [0.25, 0.3) is 0 Å². The zero-order valence-corrected chi connectivity index (χ0v) is 22.6. The SMILES string of the molecule is CC(NC(=O)C(Cc1ccc(O)cc1)NC(=O)C(N)Cc1ccc(O)cc1)C(=O)NC(CCCN=C(N)N)C(=O)O. The number of phenolic OH excluding ortho intramolecular Hbond substituents is 2. The van der Waals surface area contributed by atoms with Gasteiger partial charge in [0.25, 0.3) is 0 Å². The number of nitrogens with two attached hydrogens (primary N) is 3. The molecule has 0 heterocycles. The molecule has 4 atom stereocenters. The van der Waals surface area contributed by atoms with Crippen molar-refractivity contribution < 1.29 is 34.5 Å². The fourth-order valence-electron chi connectivity index (χ4n) is 3.77. The molecule has 0 fully saturated rings. The van der Waals surface area contributed by atoms with Gasteiger partial charge in [0.2, 0.25) is 17.7 Å². The van der Waals surface area contributed by atoms with Gasteiger partial charge in [0.15, 0.2) is 5.96 Å². The highest BCUT2D eigenvalue weighted by Gasteiger charge is 2.28. The molecule has 2 aromatic rings. The highest BCUT2D eigenvalue weighted by Crippen LogP contribution is 2.13. The summed E-state index contributed by atoms with van der Waals surface area (Å²) < 4.78 is 0. The Balaban J connectivity index is 2.08. The van der Waals surface area contributed by atoms with Crippen molar-refractivity contribution in [2.75, 3.05) is 6.54 Å². The van der Waals surface area contributed by atoms with E-state index < -0.39 is 47.9 Å². The van der Waals surface area contributed by atoms with E-state index in [-0.39, 0.29) is 43.3 Å². The third-order valence-electron chi connectivity index (χ3n) is 6.05. The summed E-state index contributed by atoms with van der Waals surface area (Å²) in [6.45, 7) is 1.56. The number of nitrogens with zero attached hydrogens (tertiary/aromatic N) is 1. The van der Waals surface area contributed by atoms with Crippen LogP contribution in [0.15, 0.2) is 53.5 Å². The van der Waals surface area contributed by atoms with Crippen LogP contribution in [0.1, 0.15) is 30.9 Å². The molecule has 0 bridgehead atoms. The Morgan fingerprint density at radius 3 is 1.80 bits per heavy atom. The Kier molecular flexibility index (Phi) is 12.4. The molecule has 0 saturated carbocycles. The lowest BCUT2D eigenvalue weighted by Gasteiger charge is -2.24. The topological polar surface area (TPSA) is 255 Å². The van der Waals surface area contributed by atoms with Crippen LogP contribution in [0.4, 0.5) is 0 Å². The first-order valence-corrected chi connectivity index (χ1v) is 12.9. The highest BCUT2D eigenvalue weighted by molar-refractivity contribution is 5.94. The number of hydrogen-bond acceptors (Lipinski definition) is 8. The van der Waals surface area contributed by atoms with E-state index in [0.29, 0.717) is 17.5 Å². The minimum absolute atomic E-state index is 0.0145. The monoisotopic (exact) mass is 571 g/mol. The summed E-state index contributed by atoms with van der Waals surface area (Å²) in [5.74, 6) is -3.38. The van der Waals surface area contributed by atoms with E-state index in [9.17, 15) is 34.5 Å². The number of aliphatic imine (C=N–C) groups is 1. The number of nitrogens with one attached hydrogen (secondary N) is 3. The van der Waals surface area contributed by atoms with Crippen LogP contribution in [-0.2, 0) is 32.0 Å². The average Bonchev–Trinajstić information content (AvgIpc) is 2.91. The normalized spacial score (nSPS) is 13.6. The van der Waals surface area contributed by atoms with Crippen molar-refractivity contribution >= 4 is 29.7 Å². The number of benzene rings is 2. The fraction of sp³-hybridized carbons (Fsp3) is 0.370. The van der Waals surface area contributed by atoms with Crippen LogP contribution in [-0.4, -0.2) is 75.7 Å². The number of carboxylic acids is 1. The van der Waals surface area contributed by atoms with Crippen molar-refractivity contribution in [3.63, 3.8) is 0 Å². The van der Waals surface area contributed by atoms with E-state index in [2.05, 4.69) is 20.9 Å². The van der Waals surface area contributed by atoms with Gasteiger partial charge in [0, 0.05) is 13.0 Å². The van der Waals surface area contributed by atoms with Gasteiger partial charge < -0.3 is 48.5 Å². The lowest BCUT2D eigenvalue weighted by Crippen LogP contribution is -2.57. The van der Waals surface area contributed by atoms with Gasteiger partial charge in [0.1, 0.15) is 29.6 Å². The van der Waals surface area contributed by atoms with E-state index in [1.54, 1.807) is 24.3 Å². The number of carbonyl (C=O) groups excluding carboxylic acids is 3. The lowest BCUT2D eigenvalue weighted by atomic mass is 10.0. The van der Waals surface area contributed by atoms with Crippen molar-refractivity contribution in [3.8, 4) is 11.5 Å². The maximum atomic E-state index is 13.2. The summed E-state index contributed by atoms with van der Waals surface area (Å²) >= 11 is 0. The van der Waals surface area contributed by atoms with E-state index in [1.807, 2.05) is 0 Å². The predicted octanol–water partition coefficient (Wildman–Crippen LogP) is -1.18. The summed E-state index contributed by atoms with van der Waals surface area (Å²) in [5, 5.41) is 36.0. The summed E-state index contributed by atoms with van der Waals surface area (Å²) in [5.41, 5.74) is 17.9. The standard InChI is InChI=1S/C27H37N7O7/c1-15(23(37)33-21(26(40)41)3-2-12-31-27(29)30)32-25(39)22(14-17-6-10-19(36)11-7-17)34-24(38)20(28)13-16-4-8-18(35)9-5-16/h4-11,15,20-22,35-36H,2-3,12-14,28H2,1H3,(H,32,39)(H,33,37)(H,34,38)(H,40,41)(H4,29,30,31). The molecule has 0 saturated heterocycles. The van der Waals surface area contributed by atoms with Crippen LogP contribution in [0.2, 0.25) is 0 Å². The van der Waals surface area contributed by atoms with E-state index in [0.717, 1.165) is 0 Å². The van der Waals surface area contributed by atoms with Crippen LogP contribution >= 0.6 is 0 Å². The van der Waals surface area contributed by atoms with Gasteiger partial charge in [-0.25, -0.2) is 4.79 Å². The molecule has 2 aromatic carbocycles. The second kappa shape index (κ2) is 15.7. The van der Waals surface area contributed by atoms with Crippen LogP contribution in [0.3, 0.4) is 0 Å². The minimum atomic E-state index is -1.26. The molecule has 4 unspecified atom stereocenters. The molecule has 14 heteroatoms. The first-order valence-electron chi connectivity index (χ1n) is 12.9. The van der Waals surface area contributed by atoms with Gasteiger partial charge in [-0.05, 0) is 61.6 Å². The van der Waals surface area contributed by atoms with Gasteiger partial charge in [-0.3, -0.25) is 19.4 Å². The third kappa shape index (κ3) is 11.4. The zero-order chi connectivity index (χ0) is 30.5. The molecular weight excluding hydrogens is 534 g/mol. The summed E-state index contributed by atoms with van der Waals surface area (Å²) in [6.07, 6.45) is 0.497. The molecule has 14 nitrogen and oxygen atoms in total. The van der Waals surface area contributed by atoms with Crippen LogP contribution in [0, 0.1) is 0 Å². The van der Waals surface area contributed by atoms with Crippen molar-refractivity contribution in [2.45, 2.75) is 56.8 Å².